The van der Waals surface area contributed by atoms with Crippen molar-refractivity contribution >= 4 is 17.4 Å². The molecule has 3 aromatic rings. The normalized spacial score (nSPS) is 14.4. The Kier molecular flexibility index (Phi) is 6.09. The largest absolute Gasteiger partial charge is 0.491 e. The molecule has 0 aromatic carbocycles. The van der Waals surface area contributed by atoms with Crippen LogP contribution in [0.15, 0.2) is 30.7 Å². The Morgan fingerprint density at radius 3 is 2.79 bits per heavy atom. The first kappa shape index (κ1) is 19.4. The summed E-state index contributed by atoms with van der Waals surface area (Å²) in [5.41, 5.74) is 1.82. The van der Waals surface area contributed by atoms with E-state index >= 15 is 0 Å². The monoisotopic (exact) mass is 396 g/mol. The zero-order valence-corrected chi connectivity index (χ0v) is 17.1. The van der Waals surface area contributed by atoms with Gasteiger partial charge in [0.15, 0.2) is 11.5 Å². The van der Waals surface area contributed by atoms with Crippen molar-refractivity contribution in [2.24, 2.45) is 0 Å². The number of ether oxygens (including phenoxy) is 2. The van der Waals surface area contributed by atoms with Crippen LogP contribution in [0.1, 0.15) is 31.9 Å². The molecule has 1 aliphatic heterocycles. The predicted octanol–water partition coefficient (Wildman–Crippen LogP) is 3.30. The minimum atomic E-state index is 0.625. The maximum Gasteiger partial charge on any atom is 0.214 e. The van der Waals surface area contributed by atoms with Crippen molar-refractivity contribution in [3.8, 4) is 11.5 Å². The van der Waals surface area contributed by atoms with Gasteiger partial charge in [0.05, 0.1) is 19.9 Å². The van der Waals surface area contributed by atoms with E-state index in [1.807, 2.05) is 22.7 Å². The molecule has 4 heterocycles. The Bertz CT molecular complexity index is 951. The molecule has 8 nitrogen and oxygen atoms in total. The summed E-state index contributed by atoms with van der Waals surface area (Å²) in [5, 5.41) is 3.29. The number of pyridine rings is 1. The second-order valence-electron chi connectivity index (χ2n) is 7.18. The van der Waals surface area contributed by atoms with Gasteiger partial charge in [-0.1, -0.05) is 6.92 Å². The third-order valence-corrected chi connectivity index (χ3v) is 5.17. The lowest BCUT2D eigenvalue weighted by Gasteiger charge is -2.16. The number of imidazole rings is 1. The van der Waals surface area contributed by atoms with Crippen molar-refractivity contribution in [1.29, 1.82) is 0 Å². The average molecular weight is 396 g/mol. The minimum absolute atomic E-state index is 0.625. The van der Waals surface area contributed by atoms with Gasteiger partial charge < -0.3 is 19.7 Å². The van der Waals surface area contributed by atoms with E-state index in [-0.39, 0.29) is 0 Å². The lowest BCUT2D eigenvalue weighted by molar-refractivity contribution is 0.254. The number of aromatic nitrogens is 4. The van der Waals surface area contributed by atoms with E-state index in [9.17, 15) is 0 Å². The molecule has 29 heavy (non-hydrogen) atoms. The molecule has 0 amide bonds. The number of rotatable bonds is 9. The van der Waals surface area contributed by atoms with Crippen LogP contribution in [0.4, 0.5) is 11.8 Å². The van der Waals surface area contributed by atoms with E-state index in [1.54, 1.807) is 19.5 Å². The maximum atomic E-state index is 6.01. The van der Waals surface area contributed by atoms with Crippen LogP contribution < -0.4 is 14.8 Å². The highest BCUT2D eigenvalue weighted by Gasteiger charge is 2.13. The van der Waals surface area contributed by atoms with Crippen molar-refractivity contribution in [3.63, 3.8) is 0 Å². The van der Waals surface area contributed by atoms with Crippen molar-refractivity contribution in [2.45, 2.75) is 32.6 Å². The highest BCUT2D eigenvalue weighted by molar-refractivity contribution is 5.57. The number of hydrogen-bond donors (Lipinski definition) is 1. The number of fused-ring (bicyclic) bond motifs is 1. The van der Waals surface area contributed by atoms with Crippen LogP contribution >= 0.6 is 0 Å². The number of anilines is 2. The van der Waals surface area contributed by atoms with Gasteiger partial charge in [-0.25, -0.2) is 15.0 Å². The van der Waals surface area contributed by atoms with E-state index in [1.165, 1.54) is 25.9 Å². The second kappa shape index (κ2) is 9.09. The van der Waals surface area contributed by atoms with Crippen LogP contribution in [-0.2, 0) is 6.42 Å². The molecule has 4 rings (SSSR count). The van der Waals surface area contributed by atoms with E-state index in [2.05, 4.69) is 32.1 Å². The van der Waals surface area contributed by atoms with E-state index in [0.29, 0.717) is 29.9 Å². The number of aryl methyl sites for hydroxylation is 1. The first-order valence-corrected chi connectivity index (χ1v) is 10.3. The summed E-state index contributed by atoms with van der Waals surface area (Å²) in [5.74, 6) is 2.63. The van der Waals surface area contributed by atoms with Crippen LogP contribution in [0.5, 0.6) is 11.5 Å². The topological polar surface area (TPSA) is 76.8 Å². The molecule has 0 atom stereocenters. The second-order valence-corrected chi connectivity index (χ2v) is 7.18. The molecule has 1 fully saturated rings. The number of likely N-dealkylation sites (tertiary alicyclic amines) is 1. The molecule has 0 aliphatic carbocycles. The molecule has 0 unspecified atom stereocenters. The Labute approximate surface area is 170 Å². The van der Waals surface area contributed by atoms with Crippen molar-refractivity contribution in [3.05, 3.63) is 36.4 Å². The van der Waals surface area contributed by atoms with Crippen LogP contribution in [-0.4, -0.2) is 57.6 Å². The van der Waals surface area contributed by atoms with Crippen LogP contribution in [0, 0.1) is 0 Å². The van der Waals surface area contributed by atoms with Crippen LogP contribution in [0.2, 0.25) is 0 Å². The summed E-state index contributed by atoms with van der Waals surface area (Å²) in [6.45, 7) is 6.21. The molecule has 1 aliphatic rings. The Balaban J connectivity index is 1.47. The summed E-state index contributed by atoms with van der Waals surface area (Å²) in [7, 11) is 1.63. The zero-order chi connectivity index (χ0) is 20.1. The number of nitrogens with one attached hydrogen (secondary N) is 1. The van der Waals surface area contributed by atoms with Gasteiger partial charge in [-0.15, -0.1) is 0 Å². The molecule has 0 bridgehead atoms. The van der Waals surface area contributed by atoms with Gasteiger partial charge in [0.2, 0.25) is 5.95 Å². The van der Waals surface area contributed by atoms with E-state index < -0.39 is 0 Å². The Morgan fingerprint density at radius 2 is 2.00 bits per heavy atom. The molecule has 0 radical (unpaired) electrons. The number of nitrogens with zero attached hydrogens (tertiary/aromatic N) is 5. The molecule has 8 heteroatoms. The predicted molar refractivity (Wildman–Crippen MR) is 112 cm³/mol. The fraction of sp³-hybridized carbons (Fsp3) is 0.476. The molecule has 1 saturated heterocycles. The maximum absolute atomic E-state index is 6.01. The zero-order valence-electron chi connectivity index (χ0n) is 17.1. The lowest BCUT2D eigenvalue weighted by atomic mass is 10.3. The van der Waals surface area contributed by atoms with Crippen molar-refractivity contribution in [2.75, 3.05) is 38.7 Å². The third-order valence-electron chi connectivity index (χ3n) is 5.17. The van der Waals surface area contributed by atoms with E-state index in [0.717, 1.165) is 30.7 Å². The quantitative estimate of drug-likeness (QED) is 0.556. The van der Waals surface area contributed by atoms with Crippen LogP contribution in [0.3, 0.4) is 0 Å². The van der Waals surface area contributed by atoms with Gasteiger partial charge >= 0.3 is 0 Å². The highest BCUT2D eigenvalue weighted by atomic mass is 16.5. The van der Waals surface area contributed by atoms with Crippen LogP contribution in [0.25, 0.3) is 5.65 Å². The number of hydrogen-bond acceptors (Lipinski definition) is 7. The first-order valence-electron chi connectivity index (χ1n) is 10.3. The number of methoxy groups -OCH3 is 1. The molecule has 1 N–H and O–H groups in total. The summed E-state index contributed by atoms with van der Waals surface area (Å²) >= 11 is 0. The van der Waals surface area contributed by atoms with Gasteiger partial charge in [0.1, 0.15) is 11.5 Å². The van der Waals surface area contributed by atoms with Crippen molar-refractivity contribution in [1.82, 2.24) is 24.3 Å². The molecule has 0 spiro atoms. The molecular formula is C21H28N6O2. The standard InChI is InChI=1S/C21H28N6O2/c1-3-16-13-20-22-7-11-27(20)21(24-16)25-19-14-17(18(28-2)15-23-19)29-12-6-10-26-8-4-5-9-26/h7,11,13-15H,3-6,8-10,12H2,1-2H3,(H,23,24,25). The summed E-state index contributed by atoms with van der Waals surface area (Å²) < 4.78 is 13.3. The Morgan fingerprint density at radius 1 is 1.14 bits per heavy atom. The highest BCUT2D eigenvalue weighted by Crippen LogP contribution is 2.29. The Hall–Kier alpha value is -2.87. The summed E-state index contributed by atoms with van der Waals surface area (Å²) in [6, 6.07) is 3.85. The van der Waals surface area contributed by atoms with Gasteiger partial charge in [-0.2, -0.15) is 0 Å². The van der Waals surface area contributed by atoms with Gasteiger partial charge in [-0.05, 0) is 38.8 Å². The van der Waals surface area contributed by atoms with Crippen molar-refractivity contribution < 1.29 is 9.47 Å². The van der Waals surface area contributed by atoms with Gasteiger partial charge in [-0.3, -0.25) is 4.40 Å². The van der Waals surface area contributed by atoms with Gasteiger partial charge in [0, 0.05) is 36.8 Å². The minimum Gasteiger partial charge on any atom is -0.491 e. The molecule has 0 saturated carbocycles. The van der Waals surface area contributed by atoms with Gasteiger partial charge in [0.25, 0.3) is 0 Å². The SMILES string of the molecule is CCc1cc2nccn2c(Nc2cc(OCCCN3CCCC3)c(OC)cn2)n1. The smallest absolute Gasteiger partial charge is 0.214 e. The molecule has 154 valence electrons. The van der Waals surface area contributed by atoms with E-state index in [4.69, 9.17) is 9.47 Å². The molecular weight excluding hydrogens is 368 g/mol. The fourth-order valence-corrected chi connectivity index (χ4v) is 3.59. The fourth-order valence-electron chi connectivity index (χ4n) is 3.59. The summed E-state index contributed by atoms with van der Waals surface area (Å²) in [4.78, 5) is 16.0. The summed E-state index contributed by atoms with van der Waals surface area (Å²) in [6.07, 6.45) is 9.76. The first-order chi connectivity index (χ1) is 14.3. The lowest BCUT2D eigenvalue weighted by Crippen LogP contribution is -2.22. The average Bonchev–Trinajstić information content (AvgIpc) is 3.43. The third kappa shape index (κ3) is 4.59. The molecule has 3 aromatic heterocycles.